The van der Waals surface area contributed by atoms with Gasteiger partial charge in [0, 0.05) is 41.4 Å². The molecule has 0 amide bonds. The quantitative estimate of drug-likeness (QED) is 0.509. The Morgan fingerprint density at radius 3 is 2.60 bits per heavy atom. The summed E-state index contributed by atoms with van der Waals surface area (Å²) >= 11 is 11.9. The lowest BCUT2D eigenvalue weighted by molar-refractivity contribution is 0.187. The number of aliphatic imine (C=N–C) groups is 1. The summed E-state index contributed by atoms with van der Waals surface area (Å²) in [6.45, 7) is 3.62. The van der Waals surface area contributed by atoms with E-state index < -0.39 is 6.10 Å². The maximum Gasteiger partial charge on any atom is 0.191 e. The number of aliphatic hydroxyl groups is 1. The first kappa shape index (κ1) is 19.5. The van der Waals surface area contributed by atoms with E-state index >= 15 is 0 Å². The Morgan fingerprint density at radius 1 is 1.20 bits per heavy atom. The minimum Gasteiger partial charge on any atom is -0.386 e. The van der Waals surface area contributed by atoms with E-state index in [1.807, 2.05) is 25.1 Å². The van der Waals surface area contributed by atoms with Crippen LogP contribution in [0.5, 0.6) is 0 Å². The molecule has 0 spiro atoms. The van der Waals surface area contributed by atoms with Gasteiger partial charge >= 0.3 is 0 Å². The first-order valence-electron chi connectivity index (χ1n) is 8.14. The topological polar surface area (TPSA) is 69.5 Å². The third-order valence-electron chi connectivity index (χ3n) is 3.44. The third kappa shape index (κ3) is 6.90. The molecule has 0 aliphatic heterocycles. The highest BCUT2D eigenvalue weighted by molar-refractivity contribution is 6.34. The molecule has 7 heteroatoms. The molecule has 5 nitrogen and oxygen atoms in total. The Balaban J connectivity index is 1.91. The maximum absolute atomic E-state index is 10.3. The molecule has 1 aromatic carbocycles. The lowest BCUT2D eigenvalue weighted by atomic mass is 10.1. The minimum atomic E-state index is -0.776. The van der Waals surface area contributed by atoms with Crippen LogP contribution < -0.4 is 10.6 Å². The highest BCUT2D eigenvalue weighted by Crippen LogP contribution is 2.23. The van der Waals surface area contributed by atoms with Crippen LogP contribution in [0.1, 0.15) is 24.3 Å². The molecule has 134 valence electrons. The summed E-state index contributed by atoms with van der Waals surface area (Å²) in [6.07, 6.45) is 1.79. The minimum absolute atomic E-state index is 0.204. The van der Waals surface area contributed by atoms with E-state index in [0.717, 1.165) is 18.7 Å². The molecule has 0 fully saturated rings. The van der Waals surface area contributed by atoms with Crippen LogP contribution >= 0.6 is 23.2 Å². The first-order valence-corrected chi connectivity index (χ1v) is 8.90. The molecule has 2 aromatic rings. The highest BCUT2D eigenvalue weighted by atomic mass is 35.5. The van der Waals surface area contributed by atoms with Crippen molar-refractivity contribution in [2.24, 2.45) is 4.99 Å². The van der Waals surface area contributed by atoms with Gasteiger partial charge in [0.1, 0.15) is 0 Å². The van der Waals surface area contributed by atoms with Gasteiger partial charge in [-0.2, -0.15) is 0 Å². The van der Waals surface area contributed by atoms with Gasteiger partial charge in [-0.25, -0.2) is 0 Å². The molecule has 1 aromatic heterocycles. The fourth-order valence-corrected chi connectivity index (χ4v) is 2.79. The molecular weight excluding hydrogens is 359 g/mol. The van der Waals surface area contributed by atoms with E-state index in [-0.39, 0.29) is 6.54 Å². The fourth-order valence-electron chi connectivity index (χ4n) is 2.25. The van der Waals surface area contributed by atoms with Crippen molar-refractivity contribution in [1.29, 1.82) is 0 Å². The number of aliphatic hydroxyl groups excluding tert-OH is 1. The number of guanidine groups is 1. The molecule has 3 N–H and O–H groups in total. The zero-order valence-electron chi connectivity index (χ0n) is 14.0. The molecule has 0 aliphatic carbocycles. The van der Waals surface area contributed by atoms with E-state index in [9.17, 15) is 5.11 Å². The van der Waals surface area contributed by atoms with Gasteiger partial charge in [0.2, 0.25) is 0 Å². The fraction of sp³-hybridized carbons (Fsp3) is 0.333. The Bertz CT molecular complexity index is 674. The van der Waals surface area contributed by atoms with Crippen LogP contribution in [0.3, 0.4) is 0 Å². The summed E-state index contributed by atoms with van der Waals surface area (Å²) in [6, 6.07) is 10.9. The van der Waals surface area contributed by atoms with Crippen LogP contribution in [0.25, 0.3) is 0 Å². The van der Waals surface area contributed by atoms with Gasteiger partial charge in [0.25, 0.3) is 0 Å². The van der Waals surface area contributed by atoms with Crippen LogP contribution in [0.15, 0.2) is 47.6 Å². The molecule has 0 radical (unpaired) electrons. The number of hydrogen-bond donors (Lipinski definition) is 3. The third-order valence-corrected chi connectivity index (χ3v) is 3.87. The van der Waals surface area contributed by atoms with E-state index in [2.05, 4.69) is 20.6 Å². The van der Waals surface area contributed by atoms with Crippen molar-refractivity contribution >= 4 is 29.2 Å². The van der Waals surface area contributed by atoms with Crippen molar-refractivity contribution in [3.8, 4) is 0 Å². The molecule has 1 unspecified atom stereocenters. The van der Waals surface area contributed by atoms with Crippen LogP contribution in [-0.2, 0) is 6.42 Å². The van der Waals surface area contributed by atoms with Crippen molar-refractivity contribution in [2.75, 3.05) is 19.6 Å². The summed E-state index contributed by atoms with van der Waals surface area (Å²) in [5.74, 6) is 0.644. The number of hydrogen-bond acceptors (Lipinski definition) is 3. The average Bonchev–Trinajstić information content (AvgIpc) is 2.59. The summed E-state index contributed by atoms with van der Waals surface area (Å²) < 4.78 is 0. The zero-order valence-corrected chi connectivity index (χ0v) is 15.6. The average molecular weight is 381 g/mol. The van der Waals surface area contributed by atoms with Gasteiger partial charge in [0.05, 0.1) is 12.6 Å². The Morgan fingerprint density at radius 2 is 1.96 bits per heavy atom. The standard InChI is InChI=1S/C18H22Cl2N4O/c1-2-21-18(23-8-6-16-5-3-4-7-22-16)24-12-17(25)13-9-14(19)11-15(20)10-13/h3-5,7,9-11,17,25H,2,6,8,12H2,1H3,(H2,21,23,24). The number of aromatic nitrogens is 1. The van der Waals surface area contributed by atoms with Crippen LogP contribution in [0, 0.1) is 0 Å². The number of pyridine rings is 1. The van der Waals surface area contributed by atoms with Crippen LogP contribution in [0.4, 0.5) is 0 Å². The van der Waals surface area contributed by atoms with Crippen molar-refractivity contribution in [3.63, 3.8) is 0 Å². The molecule has 1 atom stereocenters. The monoisotopic (exact) mass is 380 g/mol. The summed E-state index contributed by atoms with van der Waals surface area (Å²) in [4.78, 5) is 8.70. The molecule has 25 heavy (non-hydrogen) atoms. The Hall–Kier alpha value is -1.82. The van der Waals surface area contributed by atoms with Gasteiger partial charge in [-0.3, -0.25) is 9.98 Å². The van der Waals surface area contributed by atoms with E-state index in [0.29, 0.717) is 28.1 Å². The second-order valence-electron chi connectivity index (χ2n) is 5.44. The predicted octanol–water partition coefficient (Wildman–Crippen LogP) is 3.22. The van der Waals surface area contributed by atoms with Gasteiger partial charge in [-0.05, 0) is 42.8 Å². The second kappa shape index (κ2) is 10.2. The number of nitrogens with one attached hydrogen (secondary N) is 2. The number of nitrogens with zero attached hydrogens (tertiary/aromatic N) is 2. The number of halogens is 2. The van der Waals surface area contributed by atoms with Crippen molar-refractivity contribution in [2.45, 2.75) is 19.4 Å². The smallest absolute Gasteiger partial charge is 0.191 e. The number of rotatable bonds is 7. The van der Waals surface area contributed by atoms with Crippen molar-refractivity contribution in [3.05, 3.63) is 63.9 Å². The highest BCUT2D eigenvalue weighted by Gasteiger charge is 2.09. The van der Waals surface area contributed by atoms with Gasteiger partial charge in [-0.15, -0.1) is 0 Å². The molecule has 0 saturated carbocycles. The SMILES string of the molecule is CCNC(=NCC(O)c1cc(Cl)cc(Cl)c1)NCCc1ccccn1. The Kier molecular flexibility index (Phi) is 7.98. The second-order valence-corrected chi connectivity index (χ2v) is 6.31. The zero-order chi connectivity index (χ0) is 18.1. The van der Waals surface area contributed by atoms with E-state index in [1.54, 1.807) is 24.4 Å². The lowest BCUT2D eigenvalue weighted by Crippen LogP contribution is -2.38. The lowest BCUT2D eigenvalue weighted by Gasteiger charge is -2.13. The van der Waals surface area contributed by atoms with E-state index in [4.69, 9.17) is 23.2 Å². The molecule has 0 saturated heterocycles. The molecule has 0 aliphatic rings. The largest absolute Gasteiger partial charge is 0.386 e. The summed E-state index contributed by atoms with van der Waals surface area (Å²) in [5, 5.41) is 17.7. The Labute approximate surface area is 158 Å². The summed E-state index contributed by atoms with van der Waals surface area (Å²) in [7, 11) is 0. The molecule has 0 bridgehead atoms. The van der Waals surface area contributed by atoms with Crippen LogP contribution in [-0.4, -0.2) is 35.7 Å². The first-order chi connectivity index (χ1) is 12.1. The molecule has 2 rings (SSSR count). The van der Waals surface area contributed by atoms with E-state index in [1.165, 1.54) is 0 Å². The van der Waals surface area contributed by atoms with Crippen molar-refractivity contribution < 1.29 is 5.11 Å². The number of benzene rings is 1. The van der Waals surface area contributed by atoms with Gasteiger partial charge in [0.15, 0.2) is 5.96 Å². The summed E-state index contributed by atoms with van der Waals surface area (Å²) in [5.41, 5.74) is 1.66. The normalized spacial score (nSPS) is 12.7. The molecular formula is C18H22Cl2N4O. The molecule has 1 heterocycles. The van der Waals surface area contributed by atoms with Crippen molar-refractivity contribution in [1.82, 2.24) is 15.6 Å². The maximum atomic E-state index is 10.3. The van der Waals surface area contributed by atoms with Gasteiger partial charge < -0.3 is 15.7 Å². The predicted molar refractivity (Wildman–Crippen MR) is 103 cm³/mol. The van der Waals surface area contributed by atoms with Crippen LogP contribution in [0.2, 0.25) is 10.0 Å². The van der Waals surface area contributed by atoms with Gasteiger partial charge in [-0.1, -0.05) is 29.3 Å².